The zero-order valence-corrected chi connectivity index (χ0v) is 16.8. The van der Waals surface area contributed by atoms with E-state index in [9.17, 15) is 0 Å². The van der Waals surface area contributed by atoms with E-state index in [0.717, 1.165) is 54.9 Å². The fourth-order valence-corrected chi connectivity index (χ4v) is 4.70. The molecule has 0 radical (unpaired) electrons. The van der Waals surface area contributed by atoms with Crippen molar-refractivity contribution in [1.82, 2.24) is 15.1 Å². The number of nitrogens with zero attached hydrogens (tertiary/aromatic N) is 3. The number of terminal acetylenes is 1. The monoisotopic (exact) mass is 368 g/mol. The van der Waals surface area contributed by atoms with Gasteiger partial charge in [-0.05, 0) is 32.2 Å². The number of rotatable bonds is 6. The van der Waals surface area contributed by atoms with Crippen molar-refractivity contribution in [3.8, 4) is 12.3 Å². The van der Waals surface area contributed by atoms with Crippen molar-refractivity contribution in [3.05, 3.63) is 46.7 Å². The van der Waals surface area contributed by atoms with Gasteiger partial charge in [-0.2, -0.15) is 0 Å². The Morgan fingerprint density at radius 3 is 2.65 bits per heavy atom. The molecule has 1 N–H and O–H groups in total. The van der Waals surface area contributed by atoms with Crippen LogP contribution in [0.5, 0.6) is 0 Å². The number of aliphatic imine (C=N–C) groups is 1. The first-order chi connectivity index (χ1) is 12.6. The molecule has 0 aromatic carbocycles. The summed E-state index contributed by atoms with van der Waals surface area (Å²) in [7, 11) is 0. The summed E-state index contributed by atoms with van der Waals surface area (Å²) >= 11 is 1.80. The van der Waals surface area contributed by atoms with Crippen LogP contribution >= 0.6 is 11.8 Å². The van der Waals surface area contributed by atoms with Gasteiger partial charge < -0.3 is 15.1 Å². The van der Waals surface area contributed by atoms with Gasteiger partial charge in [0.2, 0.25) is 0 Å². The highest BCUT2D eigenvalue weighted by molar-refractivity contribution is 8.17. The maximum atomic E-state index is 5.64. The molecule has 0 aromatic rings. The van der Waals surface area contributed by atoms with Gasteiger partial charge in [0.05, 0.1) is 6.04 Å². The summed E-state index contributed by atoms with van der Waals surface area (Å²) in [5, 5.41) is 4.49. The molecule has 5 heteroatoms. The molecule has 2 heterocycles. The molecule has 1 aliphatic carbocycles. The van der Waals surface area contributed by atoms with Crippen molar-refractivity contribution < 1.29 is 0 Å². The van der Waals surface area contributed by atoms with Gasteiger partial charge in [0.25, 0.3) is 0 Å². The molecule has 2 atom stereocenters. The molecule has 0 bridgehead atoms. The van der Waals surface area contributed by atoms with Crippen molar-refractivity contribution in [2.75, 3.05) is 32.7 Å². The van der Waals surface area contributed by atoms with Crippen LogP contribution in [0, 0.1) is 18.3 Å². The van der Waals surface area contributed by atoms with Crippen molar-refractivity contribution in [2.45, 2.75) is 26.8 Å². The van der Waals surface area contributed by atoms with E-state index in [4.69, 9.17) is 11.4 Å². The van der Waals surface area contributed by atoms with Crippen LogP contribution in [0.1, 0.15) is 20.8 Å². The summed E-state index contributed by atoms with van der Waals surface area (Å²) in [6.45, 7) is 15.9. The van der Waals surface area contributed by atoms with Gasteiger partial charge >= 0.3 is 0 Å². The van der Waals surface area contributed by atoms with Crippen molar-refractivity contribution in [1.29, 1.82) is 0 Å². The predicted molar refractivity (Wildman–Crippen MR) is 113 cm³/mol. The van der Waals surface area contributed by atoms with Gasteiger partial charge in [-0.15, -0.1) is 6.42 Å². The van der Waals surface area contributed by atoms with Gasteiger partial charge in [-0.3, -0.25) is 4.99 Å². The van der Waals surface area contributed by atoms with E-state index < -0.39 is 0 Å². The SMILES string of the molecule is C#CC1=CC2C(=CC=C3SC(N(CC)CCN(CC)CC)=NC32)NC1=C. The topological polar surface area (TPSA) is 30.9 Å². The Morgan fingerprint density at radius 2 is 2.00 bits per heavy atom. The summed E-state index contributed by atoms with van der Waals surface area (Å²) in [6.07, 6.45) is 12.1. The molecule has 0 amide bonds. The summed E-state index contributed by atoms with van der Waals surface area (Å²) in [5.41, 5.74) is 2.78. The Labute approximate surface area is 161 Å². The standard InChI is InChI=1S/C21H28N4S/c1-6-16-14-17-18(22-15(16)5)10-11-19-20(17)23-21(26-19)25(9-4)13-12-24(7-2)8-3/h1,10-11,14,17,20,22H,5,7-9,12-13H2,2-4H3. The minimum Gasteiger partial charge on any atom is -0.358 e. The third-order valence-electron chi connectivity index (χ3n) is 5.23. The lowest BCUT2D eigenvalue weighted by Gasteiger charge is -2.31. The average molecular weight is 369 g/mol. The summed E-state index contributed by atoms with van der Waals surface area (Å²) in [4.78, 5) is 11.2. The normalized spacial score (nSPS) is 23.9. The quantitative estimate of drug-likeness (QED) is 0.730. The second kappa shape index (κ2) is 8.20. The summed E-state index contributed by atoms with van der Waals surface area (Å²) in [5.74, 6) is 2.92. The minimum absolute atomic E-state index is 0.126. The lowest BCUT2D eigenvalue weighted by atomic mass is 9.86. The molecule has 0 spiro atoms. The van der Waals surface area contributed by atoms with Gasteiger partial charge in [-0.25, -0.2) is 0 Å². The highest BCUT2D eigenvalue weighted by Crippen LogP contribution is 2.43. The molecule has 138 valence electrons. The first kappa shape index (κ1) is 18.9. The molecule has 4 nitrogen and oxygen atoms in total. The summed E-state index contributed by atoms with van der Waals surface area (Å²) in [6, 6.07) is 0.126. The third-order valence-corrected chi connectivity index (χ3v) is 6.39. The molecule has 3 aliphatic rings. The number of hydrogen-bond acceptors (Lipinski definition) is 5. The lowest BCUT2D eigenvalue weighted by molar-refractivity contribution is 0.272. The van der Waals surface area contributed by atoms with Crippen LogP contribution < -0.4 is 5.32 Å². The molecule has 0 fully saturated rings. The van der Waals surface area contributed by atoms with E-state index in [2.05, 4.69) is 66.6 Å². The molecule has 0 aromatic heterocycles. The van der Waals surface area contributed by atoms with Crippen LogP contribution in [0.3, 0.4) is 0 Å². The highest BCUT2D eigenvalue weighted by atomic mass is 32.2. The molecule has 26 heavy (non-hydrogen) atoms. The second-order valence-electron chi connectivity index (χ2n) is 6.61. The number of hydrogen-bond donors (Lipinski definition) is 1. The smallest absolute Gasteiger partial charge is 0.164 e. The number of allylic oxidation sites excluding steroid dienone is 3. The van der Waals surface area contributed by atoms with Gasteiger partial charge in [0.1, 0.15) is 0 Å². The van der Waals surface area contributed by atoms with Crippen LogP contribution in [-0.4, -0.2) is 53.7 Å². The van der Waals surface area contributed by atoms with E-state index in [1.54, 1.807) is 11.8 Å². The predicted octanol–water partition coefficient (Wildman–Crippen LogP) is 3.20. The fraction of sp³-hybridized carbons (Fsp3) is 0.476. The Balaban J connectivity index is 1.78. The average Bonchev–Trinajstić information content (AvgIpc) is 3.09. The fourth-order valence-electron chi connectivity index (χ4n) is 3.52. The Morgan fingerprint density at radius 1 is 1.23 bits per heavy atom. The van der Waals surface area contributed by atoms with Gasteiger partial charge in [0, 0.05) is 47.4 Å². The Kier molecular flexibility index (Phi) is 5.95. The Bertz CT molecular complexity index is 734. The first-order valence-electron chi connectivity index (χ1n) is 9.40. The van der Waals surface area contributed by atoms with E-state index in [0.29, 0.717) is 0 Å². The largest absolute Gasteiger partial charge is 0.358 e. The molecular formula is C21H28N4S. The Hall–Kier alpha value is -1.90. The van der Waals surface area contributed by atoms with Crippen molar-refractivity contribution in [3.63, 3.8) is 0 Å². The molecule has 3 rings (SSSR count). The molecular weight excluding hydrogens is 340 g/mol. The van der Waals surface area contributed by atoms with E-state index >= 15 is 0 Å². The van der Waals surface area contributed by atoms with Crippen LogP contribution in [-0.2, 0) is 0 Å². The van der Waals surface area contributed by atoms with Gasteiger partial charge in [-0.1, -0.05) is 44.2 Å². The van der Waals surface area contributed by atoms with Crippen molar-refractivity contribution in [2.24, 2.45) is 10.9 Å². The summed E-state index contributed by atoms with van der Waals surface area (Å²) < 4.78 is 0. The lowest BCUT2D eigenvalue weighted by Crippen LogP contribution is -2.37. The van der Waals surface area contributed by atoms with E-state index in [1.807, 2.05) is 0 Å². The second-order valence-corrected chi connectivity index (χ2v) is 7.65. The number of nitrogens with one attached hydrogen (secondary N) is 1. The van der Waals surface area contributed by atoms with Crippen LogP contribution in [0.4, 0.5) is 0 Å². The van der Waals surface area contributed by atoms with E-state index in [1.165, 1.54) is 4.91 Å². The van der Waals surface area contributed by atoms with Crippen LogP contribution in [0.2, 0.25) is 0 Å². The first-order valence-corrected chi connectivity index (χ1v) is 10.2. The van der Waals surface area contributed by atoms with Crippen LogP contribution in [0.15, 0.2) is 51.7 Å². The van der Waals surface area contributed by atoms with Crippen LogP contribution in [0.25, 0.3) is 0 Å². The number of likely N-dealkylation sites (N-methyl/N-ethyl adjacent to an activating group) is 2. The van der Waals surface area contributed by atoms with Crippen molar-refractivity contribution >= 4 is 16.9 Å². The third kappa shape index (κ3) is 3.62. The minimum atomic E-state index is 0.126. The molecule has 0 saturated carbocycles. The molecule has 0 saturated heterocycles. The molecule has 2 unspecified atom stereocenters. The maximum absolute atomic E-state index is 5.64. The highest BCUT2D eigenvalue weighted by Gasteiger charge is 2.37. The van der Waals surface area contributed by atoms with E-state index in [-0.39, 0.29) is 12.0 Å². The maximum Gasteiger partial charge on any atom is 0.164 e. The number of thioether (sulfide) groups is 1. The van der Waals surface area contributed by atoms with Gasteiger partial charge in [0.15, 0.2) is 5.17 Å². The number of fused-ring (bicyclic) bond motifs is 3. The number of amidine groups is 1. The zero-order chi connectivity index (χ0) is 18.7. The zero-order valence-electron chi connectivity index (χ0n) is 16.0. The molecule has 2 aliphatic heterocycles.